The van der Waals surface area contributed by atoms with Crippen LogP contribution in [0.1, 0.15) is 18.4 Å². The zero-order chi connectivity index (χ0) is 13.6. The molecule has 1 aliphatic heterocycles. The first kappa shape index (κ1) is 12.4. The molecule has 0 unspecified atom stereocenters. The van der Waals surface area contributed by atoms with E-state index in [0.717, 1.165) is 0 Å². The second-order valence-corrected chi connectivity index (χ2v) is 5.06. The molecule has 1 aromatic carbocycles. The van der Waals surface area contributed by atoms with Crippen LogP contribution in [0.5, 0.6) is 17.2 Å². The zero-order valence-corrected chi connectivity index (χ0v) is 11.1. The monoisotopic (exact) mass is 284 g/mol. The Morgan fingerprint density at radius 1 is 1.42 bits per heavy atom. The maximum absolute atomic E-state index is 11.5. The van der Waals surface area contributed by atoms with Crippen molar-refractivity contribution in [1.29, 1.82) is 0 Å². The summed E-state index contributed by atoms with van der Waals surface area (Å²) in [6.45, 7) is 0.815. The van der Waals surface area contributed by atoms with Crippen molar-refractivity contribution in [2.24, 2.45) is 0 Å². The summed E-state index contributed by atoms with van der Waals surface area (Å²) in [5.41, 5.74) is -0.480. The van der Waals surface area contributed by atoms with Crippen LogP contribution in [0.3, 0.4) is 0 Å². The largest absolute Gasteiger partial charge is 0.495 e. The summed E-state index contributed by atoms with van der Waals surface area (Å²) in [6, 6.07) is 1.64. The van der Waals surface area contributed by atoms with Gasteiger partial charge >= 0.3 is 5.97 Å². The molecule has 1 heterocycles. The first-order chi connectivity index (χ1) is 9.10. The molecule has 0 saturated heterocycles. The summed E-state index contributed by atoms with van der Waals surface area (Å²) in [7, 11) is 1.49. The van der Waals surface area contributed by atoms with Gasteiger partial charge in [-0.2, -0.15) is 0 Å². The molecule has 2 aliphatic rings. The lowest BCUT2D eigenvalue weighted by Crippen LogP contribution is -2.24. The van der Waals surface area contributed by atoms with Gasteiger partial charge in [-0.25, -0.2) is 0 Å². The van der Waals surface area contributed by atoms with Gasteiger partial charge in [-0.15, -0.1) is 0 Å². The Bertz CT molecular complexity index is 550. The number of methoxy groups -OCH3 is 1. The van der Waals surface area contributed by atoms with Crippen LogP contribution in [0.4, 0.5) is 0 Å². The van der Waals surface area contributed by atoms with Crippen molar-refractivity contribution in [2.45, 2.75) is 18.3 Å². The van der Waals surface area contributed by atoms with Crippen LogP contribution in [0.25, 0.3) is 0 Å². The molecule has 102 valence electrons. The molecule has 19 heavy (non-hydrogen) atoms. The number of halogens is 1. The SMILES string of the molecule is COc1cc2c(c(C3(C(=O)O)CC3)c1Cl)OCCO2. The normalized spacial score (nSPS) is 18.8. The smallest absolute Gasteiger partial charge is 0.314 e. The fourth-order valence-electron chi connectivity index (χ4n) is 2.41. The van der Waals surface area contributed by atoms with Crippen LogP contribution < -0.4 is 14.2 Å². The van der Waals surface area contributed by atoms with Gasteiger partial charge in [0, 0.05) is 11.6 Å². The second-order valence-electron chi connectivity index (χ2n) is 4.68. The molecule has 0 aromatic heterocycles. The van der Waals surface area contributed by atoms with E-state index in [-0.39, 0.29) is 0 Å². The highest BCUT2D eigenvalue weighted by molar-refractivity contribution is 6.33. The van der Waals surface area contributed by atoms with E-state index in [2.05, 4.69) is 0 Å². The molecular formula is C13H13ClO5. The Balaban J connectivity index is 2.24. The van der Waals surface area contributed by atoms with Crippen molar-refractivity contribution in [2.75, 3.05) is 20.3 Å². The summed E-state index contributed by atoms with van der Waals surface area (Å²) < 4.78 is 16.3. The highest BCUT2D eigenvalue weighted by Crippen LogP contribution is 2.58. The molecule has 0 radical (unpaired) electrons. The van der Waals surface area contributed by atoms with Crippen molar-refractivity contribution in [1.82, 2.24) is 0 Å². The maximum atomic E-state index is 11.5. The van der Waals surface area contributed by atoms with E-state index >= 15 is 0 Å². The van der Waals surface area contributed by atoms with Gasteiger partial charge in [-0.05, 0) is 12.8 Å². The van der Waals surface area contributed by atoms with Gasteiger partial charge < -0.3 is 19.3 Å². The summed E-state index contributed by atoms with van der Waals surface area (Å²) in [5.74, 6) is 0.458. The van der Waals surface area contributed by atoms with E-state index in [1.807, 2.05) is 0 Å². The van der Waals surface area contributed by atoms with Crippen LogP contribution in [0, 0.1) is 0 Å². The number of fused-ring (bicyclic) bond motifs is 1. The summed E-state index contributed by atoms with van der Waals surface area (Å²) in [4.78, 5) is 11.5. The number of aliphatic carboxylic acids is 1. The van der Waals surface area contributed by atoms with Crippen molar-refractivity contribution in [3.8, 4) is 17.2 Å². The Morgan fingerprint density at radius 3 is 2.68 bits per heavy atom. The number of carbonyl (C=O) groups is 1. The average Bonchev–Trinajstić information content (AvgIpc) is 3.19. The second kappa shape index (κ2) is 4.20. The Kier molecular flexibility index (Phi) is 2.74. The molecule has 1 aromatic rings. The molecule has 0 atom stereocenters. The molecule has 6 heteroatoms. The fraction of sp³-hybridized carbons (Fsp3) is 0.462. The lowest BCUT2D eigenvalue weighted by molar-refractivity contribution is -0.140. The predicted molar refractivity (Wildman–Crippen MR) is 67.5 cm³/mol. The minimum atomic E-state index is -0.962. The van der Waals surface area contributed by atoms with E-state index in [4.69, 9.17) is 25.8 Å². The molecule has 1 N–H and O–H groups in total. The van der Waals surface area contributed by atoms with Crippen LogP contribution >= 0.6 is 11.6 Å². The Labute approximate surface area is 115 Å². The Hall–Kier alpha value is -1.62. The number of hydrogen-bond donors (Lipinski definition) is 1. The third-order valence-corrected chi connectivity index (χ3v) is 3.97. The fourth-order valence-corrected chi connectivity index (χ4v) is 2.81. The lowest BCUT2D eigenvalue weighted by atomic mass is 9.94. The van der Waals surface area contributed by atoms with Crippen LogP contribution in [-0.2, 0) is 10.2 Å². The Morgan fingerprint density at radius 2 is 2.11 bits per heavy atom. The van der Waals surface area contributed by atoms with Gasteiger partial charge in [0.15, 0.2) is 11.5 Å². The number of carboxylic acid groups (broad SMARTS) is 1. The third-order valence-electron chi connectivity index (χ3n) is 3.59. The zero-order valence-electron chi connectivity index (χ0n) is 10.4. The van der Waals surface area contributed by atoms with Crippen molar-refractivity contribution < 1.29 is 24.1 Å². The van der Waals surface area contributed by atoms with Gasteiger partial charge in [-0.1, -0.05) is 11.6 Å². The number of ether oxygens (including phenoxy) is 3. The van der Waals surface area contributed by atoms with Gasteiger partial charge in [0.2, 0.25) is 0 Å². The molecule has 0 bridgehead atoms. The highest BCUT2D eigenvalue weighted by atomic mass is 35.5. The number of rotatable bonds is 3. The van der Waals surface area contributed by atoms with E-state index in [9.17, 15) is 9.90 Å². The number of carboxylic acids is 1. The van der Waals surface area contributed by atoms with Gasteiger partial charge in [0.1, 0.15) is 19.0 Å². The predicted octanol–water partition coefficient (Wildman–Crippen LogP) is 2.24. The molecule has 3 rings (SSSR count). The lowest BCUT2D eigenvalue weighted by Gasteiger charge is -2.25. The van der Waals surface area contributed by atoms with Crippen molar-refractivity contribution in [3.05, 3.63) is 16.7 Å². The maximum Gasteiger partial charge on any atom is 0.314 e. The quantitative estimate of drug-likeness (QED) is 0.922. The van der Waals surface area contributed by atoms with Crippen molar-refractivity contribution in [3.63, 3.8) is 0 Å². The number of benzene rings is 1. The van der Waals surface area contributed by atoms with Gasteiger partial charge in [0.05, 0.1) is 17.5 Å². The summed E-state index contributed by atoms with van der Waals surface area (Å²) >= 11 is 6.29. The summed E-state index contributed by atoms with van der Waals surface area (Å²) in [6.07, 6.45) is 1.09. The summed E-state index contributed by atoms with van der Waals surface area (Å²) in [5, 5.41) is 9.75. The minimum Gasteiger partial charge on any atom is -0.495 e. The topological polar surface area (TPSA) is 65.0 Å². The molecule has 1 aliphatic carbocycles. The van der Waals surface area contributed by atoms with E-state index in [1.54, 1.807) is 6.07 Å². The van der Waals surface area contributed by atoms with E-state index in [1.165, 1.54) is 7.11 Å². The molecule has 0 amide bonds. The highest BCUT2D eigenvalue weighted by Gasteiger charge is 2.56. The van der Waals surface area contributed by atoms with E-state index in [0.29, 0.717) is 53.9 Å². The third kappa shape index (κ3) is 1.72. The first-order valence-electron chi connectivity index (χ1n) is 6.00. The minimum absolute atomic E-state index is 0.298. The molecule has 1 saturated carbocycles. The van der Waals surface area contributed by atoms with Crippen LogP contribution in [0.15, 0.2) is 6.07 Å². The molecule has 0 spiro atoms. The van der Waals surface area contributed by atoms with Crippen LogP contribution in [0.2, 0.25) is 5.02 Å². The van der Waals surface area contributed by atoms with E-state index < -0.39 is 11.4 Å². The van der Waals surface area contributed by atoms with Crippen LogP contribution in [-0.4, -0.2) is 31.4 Å². The van der Waals surface area contributed by atoms with Gasteiger partial charge in [0.25, 0.3) is 0 Å². The average molecular weight is 285 g/mol. The standard InChI is InChI=1S/C13H13ClO5/c1-17-7-6-8-11(19-5-4-18-8)9(10(7)14)13(2-3-13)12(15)16/h6H,2-5H2,1H3,(H,15,16). The van der Waals surface area contributed by atoms with Gasteiger partial charge in [-0.3, -0.25) is 4.79 Å². The first-order valence-corrected chi connectivity index (χ1v) is 6.38. The van der Waals surface area contributed by atoms with Crippen molar-refractivity contribution >= 4 is 17.6 Å². The molecular weight excluding hydrogens is 272 g/mol. The molecule has 1 fully saturated rings. The molecule has 5 nitrogen and oxygen atoms in total. The number of hydrogen-bond acceptors (Lipinski definition) is 4.